The van der Waals surface area contributed by atoms with Crippen LogP contribution in [0.5, 0.6) is 0 Å². The van der Waals surface area contributed by atoms with E-state index in [0.717, 1.165) is 39.2 Å². The second-order valence-electron chi connectivity index (χ2n) is 11.7. The maximum atomic E-state index is 5.12. The van der Waals surface area contributed by atoms with Crippen LogP contribution in [0.25, 0.3) is 88.5 Å². The van der Waals surface area contributed by atoms with Crippen molar-refractivity contribution in [3.8, 4) is 56.2 Å². The van der Waals surface area contributed by atoms with Crippen LogP contribution in [0, 0.1) is 0 Å². The third kappa shape index (κ3) is 4.49. The van der Waals surface area contributed by atoms with Crippen molar-refractivity contribution in [2.45, 2.75) is 0 Å². The van der Waals surface area contributed by atoms with Crippen LogP contribution in [0.3, 0.4) is 0 Å². The van der Waals surface area contributed by atoms with E-state index in [4.69, 9.17) is 9.97 Å². The van der Waals surface area contributed by atoms with Crippen LogP contribution in [0.2, 0.25) is 0 Å². The molecule has 214 valence electrons. The van der Waals surface area contributed by atoms with E-state index in [9.17, 15) is 0 Å². The van der Waals surface area contributed by atoms with E-state index in [1.54, 1.807) is 0 Å². The molecule has 0 amide bonds. The molecule has 0 saturated carbocycles. The predicted octanol–water partition coefficient (Wildman–Crippen LogP) is 11.1. The van der Waals surface area contributed by atoms with Crippen LogP contribution in [-0.2, 0) is 0 Å². The highest BCUT2D eigenvalue weighted by atomic mass is 14.9. The highest BCUT2D eigenvalue weighted by molar-refractivity contribution is 6.25. The molecule has 0 aliphatic heterocycles. The maximum Gasteiger partial charge on any atom is 0.160 e. The molecule has 9 rings (SSSR count). The lowest BCUT2D eigenvalue weighted by atomic mass is 9.90. The second-order valence-corrected chi connectivity index (χ2v) is 11.7. The Kier molecular flexibility index (Phi) is 6.14. The molecule has 0 fully saturated rings. The van der Waals surface area contributed by atoms with Crippen LogP contribution in [0.4, 0.5) is 0 Å². The summed E-state index contributed by atoms with van der Waals surface area (Å²) in [4.78, 5) is 14.4. The average Bonchev–Trinajstić information content (AvgIpc) is 3.14. The smallest absolute Gasteiger partial charge is 0.160 e. The minimum absolute atomic E-state index is 0.701. The first-order chi connectivity index (χ1) is 22.8. The Hall–Kier alpha value is -6.19. The van der Waals surface area contributed by atoms with E-state index in [1.165, 1.54) is 43.4 Å². The van der Waals surface area contributed by atoms with Gasteiger partial charge in [-0.2, -0.15) is 0 Å². The van der Waals surface area contributed by atoms with E-state index in [0.29, 0.717) is 5.82 Å². The fraction of sp³-hybridized carbons (Fsp3) is 0. The zero-order chi connectivity index (χ0) is 30.5. The van der Waals surface area contributed by atoms with Crippen molar-refractivity contribution >= 4 is 32.3 Å². The van der Waals surface area contributed by atoms with Gasteiger partial charge in [-0.25, -0.2) is 9.97 Å². The summed E-state index contributed by atoms with van der Waals surface area (Å²) < 4.78 is 0. The van der Waals surface area contributed by atoms with Crippen molar-refractivity contribution < 1.29 is 0 Å². The molecule has 0 unspecified atom stereocenters. The van der Waals surface area contributed by atoms with E-state index >= 15 is 0 Å². The predicted molar refractivity (Wildman–Crippen MR) is 191 cm³/mol. The van der Waals surface area contributed by atoms with Crippen molar-refractivity contribution in [1.29, 1.82) is 0 Å². The van der Waals surface area contributed by atoms with Gasteiger partial charge in [-0.3, -0.25) is 4.98 Å². The van der Waals surface area contributed by atoms with E-state index in [-0.39, 0.29) is 0 Å². The van der Waals surface area contributed by atoms with Gasteiger partial charge in [-0.1, -0.05) is 127 Å². The molecule has 3 heteroatoms. The Labute approximate surface area is 266 Å². The minimum Gasteiger partial charge on any atom is -0.265 e. The minimum atomic E-state index is 0.701. The number of hydrogen-bond donors (Lipinski definition) is 0. The standard InChI is InChI=1S/C43H27N3/c1-2-6-30(7-3-1)39-27-40(36-11-5-10-35(26-36)28-22-24-44-25-23-28)46-43(45-39)34-16-12-29(13-17-34)37-20-18-33-15-14-31-8-4-9-32-19-21-38(37)42(33)41(31)32/h1-27H. The monoisotopic (exact) mass is 585 g/mol. The van der Waals surface area contributed by atoms with Gasteiger partial charge in [0.05, 0.1) is 11.4 Å². The SMILES string of the molecule is c1ccc(-c2cc(-c3cccc(-c4ccncc4)c3)nc(-c3ccc(-c4ccc5ccc6cccc7ccc4c5c67)cc3)n2)cc1. The molecule has 0 atom stereocenters. The Bertz CT molecular complexity index is 2490. The molecule has 9 aromatic rings. The first-order valence-electron chi connectivity index (χ1n) is 15.5. The molecule has 0 radical (unpaired) electrons. The largest absolute Gasteiger partial charge is 0.265 e. The number of nitrogens with zero attached hydrogens (tertiary/aromatic N) is 3. The topological polar surface area (TPSA) is 38.7 Å². The molecule has 0 aliphatic carbocycles. The summed E-state index contributed by atoms with van der Waals surface area (Å²) in [7, 11) is 0. The Morgan fingerprint density at radius 3 is 1.74 bits per heavy atom. The lowest BCUT2D eigenvalue weighted by Crippen LogP contribution is -1.96. The van der Waals surface area contributed by atoms with Crippen LogP contribution >= 0.6 is 0 Å². The first-order valence-corrected chi connectivity index (χ1v) is 15.5. The number of benzene rings is 7. The normalized spacial score (nSPS) is 11.5. The summed E-state index contributed by atoms with van der Waals surface area (Å²) in [5.74, 6) is 0.701. The van der Waals surface area contributed by atoms with E-state index in [1.807, 2.05) is 42.7 Å². The molecule has 0 saturated heterocycles. The van der Waals surface area contributed by atoms with E-state index < -0.39 is 0 Å². The van der Waals surface area contributed by atoms with Gasteiger partial charge in [0.25, 0.3) is 0 Å². The lowest BCUT2D eigenvalue weighted by molar-refractivity contribution is 1.18. The van der Waals surface area contributed by atoms with Gasteiger partial charge in [-0.15, -0.1) is 0 Å². The van der Waals surface area contributed by atoms with Crippen LogP contribution in [0.15, 0.2) is 164 Å². The summed E-state index contributed by atoms with van der Waals surface area (Å²) in [5.41, 5.74) is 9.50. The van der Waals surface area contributed by atoms with Gasteiger partial charge >= 0.3 is 0 Å². The summed E-state index contributed by atoms with van der Waals surface area (Å²) in [6.07, 6.45) is 3.65. The molecule has 0 N–H and O–H groups in total. The molecule has 0 aliphatic rings. The molecule has 2 heterocycles. The van der Waals surface area contributed by atoms with Gasteiger partial charge in [0.1, 0.15) is 0 Å². The van der Waals surface area contributed by atoms with Crippen molar-refractivity contribution in [2.75, 3.05) is 0 Å². The Morgan fingerprint density at radius 2 is 0.957 bits per heavy atom. The summed E-state index contributed by atoms with van der Waals surface area (Å²) in [6, 6.07) is 53.7. The third-order valence-electron chi connectivity index (χ3n) is 8.95. The van der Waals surface area contributed by atoms with Crippen LogP contribution < -0.4 is 0 Å². The highest BCUT2D eigenvalue weighted by Gasteiger charge is 2.14. The van der Waals surface area contributed by atoms with Crippen molar-refractivity contribution in [3.05, 3.63) is 164 Å². The molecule has 2 aromatic heterocycles. The van der Waals surface area contributed by atoms with Crippen molar-refractivity contribution in [2.24, 2.45) is 0 Å². The maximum absolute atomic E-state index is 5.12. The summed E-state index contributed by atoms with van der Waals surface area (Å²) >= 11 is 0. The summed E-state index contributed by atoms with van der Waals surface area (Å²) in [5, 5.41) is 7.76. The van der Waals surface area contributed by atoms with Gasteiger partial charge in [0, 0.05) is 29.1 Å². The fourth-order valence-corrected chi connectivity index (χ4v) is 6.67. The number of pyridine rings is 1. The average molecular weight is 586 g/mol. The van der Waals surface area contributed by atoms with Crippen molar-refractivity contribution in [1.82, 2.24) is 15.0 Å². The van der Waals surface area contributed by atoms with Gasteiger partial charge < -0.3 is 0 Å². The van der Waals surface area contributed by atoms with E-state index in [2.05, 4.69) is 126 Å². The zero-order valence-electron chi connectivity index (χ0n) is 24.9. The highest BCUT2D eigenvalue weighted by Crippen LogP contribution is 2.39. The van der Waals surface area contributed by atoms with Gasteiger partial charge in [0.15, 0.2) is 5.82 Å². The molecule has 0 spiro atoms. The van der Waals surface area contributed by atoms with Gasteiger partial charge in [-0.05, 0) is 78.8 Å². The Balaban J connectivity index is 1.15. The van der Waals surface area contributed by atoms with Crippen LogP contribution in [-0.4, -0.2) is 15.0 Å². The Morgan fingerprint density at radius 1 is 0.348 bits per heavy atom. The molecule has 0 bridgehead atoms. The number of hydrogen-bond acceptors (Lipinski definition) is 3. The molecular weight excluding hydrogens is 558 g/mol. The second kappa shape index (κ2) is 10.8. The zero-order valence-corrected chi connectivity index (χ0v) is 24.9. The molecule has 7 aromatic carbocycles. The molecular formula is C43H27N3. The van der Waals surface area contributed by atoms with Crippen molar-refractivity contribution in [3.63, 3.8) is 0 Å². The quantitative estimate of drug-likeness (QED) is 0.189. The number of rotatable bonds is 5. The van der Waals surface area contributed by atoms with Crippen LogP contribution in [0.1, 0.15) is 0 Å². The number of aromatic nitrogens is 3. The third-order valence-corrected chi connectivity index (χ3v) is 8.95. The first kappa shape index (κ1) is 26.2. The lowest BCUT2D eigenvalue weighted by Gasteiger charge is -2.14. The molecule has 3 nitrogen and oxygen atoms in total. The summed E-state index contributed by atoms with van der Waals surface area (Å²) in [6.45, 7) is 0. The van der Waals surface area contributed by atoms with Gasteiger partial charge in [0.2, 0.25) is 0 Å². The fourth-order valence-electron chi connectivity index (χ4n) is 6.67. The molecule has 46 heavy (non-hydrogen) atoms.